The quantitative estimate of drug-likeness (QED) is 0.170. The van der Waals surface area contributed by atoms with Crippen molar-refractivity contribution in [2.45, 2.75) is 135 Å². The molecule has 0 aromatic heterocycles. The number of hydrogen-bond acceptors (Lipinski definition) is 6. The smallest absolute Gasteiger partial charge is 0.309 e. The second-order valence-electron chi connectivity index (χ2n) is 8.65. The van der Waals surface area contributed by atoms with E-state index in [1.807, 2.05) is 0 Å². The summed E-state index contributed by atoms with van der Waals surface area (Å²) in [5, 5.41) is 18.0. The van der Waals surface area contributed by atoms with Crippen molar-refractivity contribution < 1.29 is 29.3 Å². The molecule has 2 N–H and O–H groups in total. The summed E-state index contributed by atoms with van der Waals surface area (Å²) >= 11 is 0. The van der Waals surface area contributed by atoms with Crippen LogP contribution in [0.15, 0.2) is 0 Å². The molecule has 0 unspecified atom stereocenters. The normalized spacial score (nSPS) is 12.2. The van der Waals surface area contributed by atoms with E-state index in [2.05, 4.69) is 6.92 Å². The number of aliphatic hydroxyl groups is 2. The minimum atomic E-state index is -0.920. The van der Waals surface area contributed by atoms with Gasteiger partial charge in [0.2, 0.25) is 0 Å². The molecule has 0 spiro atoms. The second-order valence-corrected chi connectivity index (χ2v) is 8.65. The molecule has 0 fully saturated rings. The van der Waals surface area contributed by atoms with E-state index in [0.29, 0.717) is 6.42 Å². The number of carbonyl (C=O) groups is 2. The minimum absolute atomic E-state index is 0.0469. The number of ether oxygens (including phenoxy) is 2. The van der Waals surface area contributed by atoms with E-state index in [9.17, 15) is 9.59 Å². The first-order valence-corrected chi connectivity index (χ1v) is 12.6. The summed E-state index contributed by atoms with van der Waals surface area (Å²) in [6.07, 6.45) is 18.4. The third kappa shape index (κ3) is 20.5. The molecule has 31 heavy (non-hydrogen) atoms. The average Bonchev–Trinajstić information content (AvgIpc) is 2.74. The first-order chi connectivity index (χ1) is 15.0. The molecular weight excluding hydrogens is 396 g/mol. The molecule has 0 aliphatic rings. The zero-order valence-corrected chi connectivity index (χ0v) is 20.1. The molecule has 0 amide bonds. The monoisotopic (exact) mass is 444 g/mol. The highest BCUT2D eigenvalue weighted by atomic mass is 16.6. The molecule has 1 atom stereocenters. The van der Waals surface area contributed by atoms with Crippen molar-refractivity contribution in [2.24, 2.45) is 0 Å². The SMILES string of the molecule is CCCCCCCCCCCCCCCCC[C@H](CC(=O)OC(CO)CO)OC(C)=O. The van der Waals surface area contributed by atoms with Crippen molar-refractivity contribution in [1.29, 1.82) is 0 Å². The standard InChI is InChI=1S/C25H48O6/c1-3-4-5-6-7-8-9-10-11-12-13-14-15-16-17-18-23(30-22(2)28)19-25(29)31-24(20-26)21-27/h23-24,26-27H,3-21H2,1-2H3/t23-/m1/s1. The Morgan fingerprint density at radius 1 is 0.645 bits per heavy atom. The fourth-order valence-corrected chi connectivity index (χ4v) is 3.73. The number of esters is 2. The van der Waals surface area contributed by atoms with Crippen LogP contribution in [0.4, 0.5) is 0 Å². The lowest BCUT2D eigenvalue weighted by Gasteiger charge is -2.18. The van der Waals surface area contributed by atoms with E-state index >= 15 is 0 Å². The van der Waals surface area contributed by atoms with Crippen LogP contribution in [0.5, 0.6) is 0 Å². The van der Waals surface area contributed by atoms with Crippen LogP contribution in [0.2, 0.25) is 0 Å². The molecule has 0 heterocycles. The summed E-state index contributed by atoms with van der Waals surface area (Å²) in [5.41, 5.74) is 0. The maximum atomic E-state index is 11.9. The van der Waals surface area contributed by atoms with Gasteiger partial charge in [0.05, 0.1) is 19.6 Å². The summed E-state index contributed by atoms with van der Waals surface area (Å²) < 4.78 is 10.2. The lowest BCUT2D eigenvalue weighted by Crippen LogP contribution is -2.29. The fraction of sp³-hybridized carbons (Fsp3) is 0.920. The maximum absolute atomic E-state index is 11.9. The van der Waals surface area contributed by atoms with E-state index < -0.39 is 37.4 Å². The molecule has 0 aliphatic carbocycles. The predicted octanol–water partition coefficient (Wildman–Crippen LogP) is 5.47. The number of hydrogen-bond donors (Lipinski definition) is 2. The summed E-state index contributed by atoms with van der Waals surface area (Å²) in [7, 11) is 0. The Balaban J connectivity index is 3.68. The zero-order chi connectivity index (χ0) is 23.2. The first kappa shape index (κ1) is 29.9. The van der Waals surface area contributed by atoms with Crippen molar-refractivity contribution in [1.82, 2.24) is 0 Å². The van der Waals surface area contributed by atoms with Gasteiger partial charge in [-0.2, -0.15) is 0 Å². The minimum Gasteiger partial charge on any atom is -0.462 e. The topological polar surface area (TPSA) is 93.1 Å². The predicted molar refractivity (Wildman–Crippen MR) is 124 cm³/mol. The van der Waals surface area contributed by atoms with Crippen molar-refractivity contribution in [3.8, 4) is 0 Å². The van der Waals surface area contributed by atoms with Crippen LogP contribution in [-0.4, -0.2) is 47.6 Å². The van der Waals surface area contributed by atoms with Crippen LogP contribution < -0.4 is 0 Å². The Kier molecular flexibility index (Phi) is 21.3. The number of aliphatic hydroxyl groups excluding tert-OH is 2. The molecule has 6 nitrogen and oxygen atoms in total. The molecule has 0 radical (unpaired) electrons. The Bertz CT molecular complexity index is 422. The molecular formula is C25H48O6. The van der Waals surface area contributed by atoms with Gasteiger partial charge in [0.1, 0.15) is 12.2 Å². The van der Waals surface area contributed by atoms with Gasteiger partial charge in [0.25, 0.3) is 0 Å². The third-order valence-corrected chi connectivity index (χ3v) is 5.56. The number of carbonyl (C=O) groups excluding carboxylic acids is 2. The van der Waals surface area contributed by atoms with Gasteiger partial charge in [-0.25, -0.2) is 0 Å². The fourth-order valence-electron chi connectivity index (χ4n) is 3.73. The zero-order valence-electron chi connectivity index (χ0n) is 20.1. The highest BCUT2D eigenvalue weighted by Crippen LogP contribution is 2.16. The molecule has 0 aromatic carbocycles. The van der Waals surface area contributed by atoms with Crippen molar-refractivity contribution >= 4 is 11.9 Å². The van der Waals surface area contributed by atoms with Gasteiger partial charge >= 0.3 is 11.9 Å². The molecule has 0 aromatic rings. The van der Waals surface area contributed by atoms with Crippen molar-refractivity contribution in [2.75, 3.05) is 13.2 Å². The van der Waals surface area contributed by atoms with E-state index in [-0.39, 0.29) is 6.42 Å². The van der Waals surface area contributed by atoms with Gasteiger partial charge in [-0.3, -0.25) is 9.59 Å². The van der Waals surface area contributed by atoms with Crippen LogP contribution in [0.3, 0.4) is 0 Å². The van der Waals surface area contributed by atoms with Crippen LogP contribution in [0, 0.1) is 0 Å². The second kappa shape index (κ2) is 22.1. The number of unbranched alkanes of at least 4 members (excludes halogenated alkanes) is 14. The van der Waals surface area contributed by atoms with E-state index in [4.69, 9.17) is 19.7 Å². The van der Waals surface area contributed by atoms with Crippen LogP contribution in [-0.2, 0) is 19.1 Å². The molecule has 0 aliphatic heterocycles. The largest absolute Gasteiger partial charge is 0.462 e. The Hall–Kier alpha value is -1.14. The van der Waals surface area contributed by atoms with Gasteiger partial charge in [0, 0.05) is 6.92 Å². The Morgan fingerprint density at radius 2 is 1.06 bits per heavy atom. The van der Waals surface area contributed by atoms with Gasteiger partial charge < -0.3 is 19.7 Å². The number of rotatable bonds is 22. The van der Waals surface area contributed by atoms with E-state index in [1.54, 1.807) is 0 Å². The van der Waals surface area contributed by atoms with Crippen LogP contribution >= 0.6 is 0 Å². The van der Waals surface area contributed by atoms with Gasteiger partial charge in [-0.1, -0.05) is 96.8 Å². The molecule has 0 saturated carbocycles. The summed E-state index contributed by atoms with van der Waals surface area (Å²) in [6, 6.07) is 0. The third-order valence-electron chi connectivity index (χ3n) is 5.56. The molecule has 0 saturated heterocycles. The summed E-state index contributed by atoms with van der Waals surface area (Å²) in [6.45, 7) is 2.72. The van der Waals surface area contributed by atoms with Gasteiger partial charge in [-0.15, -0.1) is 0 Å². The summed E-state index contributed by atoms with van der Waals surface area (Å²) in [4.78, 5) is 23.2. The van der Waals surface area contributed by atoms with Crippen LogP contribution in [0.25, 0.3) is 0 Å². The highest BCUT2D eigenvalue weighted by molar-refractivity contribution is 5.71. The maximum Gasteiger partial charge on any atom is 0.309 e. The lowest BCUT2D eigenvalue weighted by atomic mass is 10.0. The van der Waals surface area contributed by atoms with E-state index in [1.165, 1.54) is 84.0 Å². The Labute approximate surface area is 190 Å². The molecule has 184 valence electrons. The summed E-state index contributed by atoms with van der Waals surface area (Å²) in [5.74, 6) is -0.986. The molecule has 0 bridgehead atoms. The lowest BCUT2D eigenvalue weighted by molar-refractivity contribution is -0.160. The first-order valence-electron chi connectivity index (χ1n) is 12.6. The molecule has 6 heteroatoms. The Morgan fingerprint density at radius 3 is 1.45 bits per heavy atom. The van der Waals surface area contributed by atoms with Crippen LogP contribution in [0.1, 0.15) is 123 Å². The van der Waals surface area contributed by atoms with E-state index in [0.717, 1.165) is 19.3 Å². The molecule has 0 rings (SSSR count). The van der Waals surface area contributed by atoms with Crippen molar-refractivity contribution in [3.05, 3.63) is 0 Å². The average molecular weight is 445 g/mol. The van der Waals surface area contributed by atoms with Gasteiger partial charge in [0.15, 0.2) is 0 Å². The van der Waals surface area contributed by atoms with Crippen molar-refractivity contribution in [3.63, 3.8) is 0 Å². The highest BCUT2D eigenvalue weighted by Gasteiger charge is 2.20. The van der Waals surface area contributed by atoms with Gasteiger partial charge in [-0.05, 0) is 12.8 Å².